The van der Waals surface area contributed by atoms with Crippen molar-refractivity contribution >= 4 is 17.3 Å². The highest BCUT2D eigenvalue weighted by atomic mass is 16.6. The van der Waals surface area contributed by atoms with Crippen LogP contribution >= 0.6 is 0 Å². The molecule has 8 heteroatoms. The maximum Gasteiger partial charge on any atom is 0.270 e. The molecule has 0 saturated heterocycles. The lowest BCUT2D eigenvalue weighted by Gasteiger charge is -2.12. The molecule has 2 rings (SSSR count). The second-order valence-electron chi connectivity index (χ2n) is 4.67. The van der Waals surface area contributed by atoms with Crippen molar-refractivity contribution in [2.24, 2.45) is 5.73 Å². The molecule has 0 radical (unpaired) electrons. The smallest absolute Gasteiger partial charge is 0.270 e. The van der Waals surface area contributed by atoms with E-state index >= 15 is 0 Å². The van der Waals surface area contributed by atoms with Gasteiger partial charge in [-0.2, -0.15) is 0 Å². The number of primary amides is 1. The zero-order valence-corrected chi connectivity index (χ0v) is 12.3. The van der Waals surface area contributed by atoms with Crippen molar-refractivity contribution in [3.05, 3.63) is 57.6 Å². The number of para-hydroxylation sites is 1. The second kappa shape index (κ2) is 6.65. The van der Waals surface area contributed by atoms with Gasteiger partial charge in [0, 0.05) is 29.9 Å². The molecule has 0 fully saturated rings. The fourth-order valence-corrected chi connectivity index (χ4v) is 2.07. The Balaban J connectivity index is 2.27. The van der Waals surface area contributed by atoms with E-state index in [9.17, 15) is 20.0 Å². The minimum Gasteiger partial charge on any atom is -0.504 e. The number of nitrogens with two attached hydrogens (primary N) is 1. The summed E-state index contributed by atoms with van der Waals surface area (Å²) in [4.78, 5) is 21.6. The summed E-state index contributed by atoms with van der Waals surface area (Å²) < 4.78 is 5.01. The van der Waals surface area contributed by atoms with Crippen LogP contribution in [0.2, 0.25) is 0 Å². The number of benzene rings is 2. The highest BCUT2D eigenvalue weighted by molar-refractivity contribution is 5.99. The number of phenolic OH excluding ortho intramolecular Hbond substituents is 1. The quantitative estimate of drug-likeness (QED) is 0.552. The molecule has 0 saturated carbocycles. The Labute approximate surface area is 131 Å². The molecule has 0 aliphatic heterocycles. The van der Waals surface area contributed by atoms with E-state index < -0.39 is 10.8 Å². The highest BCUT2D eigenvalue weighted by Gasteiger charge is 2.15. The van der Waals surface area contributed by atoms with E-state index in [-0.39, 0.29) is 23.5 Å². The first-order valence-electron chi connectivity index (χ1n) is 6.61. The number of nitrogens with one attached hydrogen (secondary N) is 1. The van der Waals surface area contributed by atoms with Crippen molar-refractivity contribution in [2.75, 3.05) is 12.4 Å². The van der Waals surface area contributed by atoms with Gasteiger partial charge in [0.25, 0.3) is 11.6 Å². The molecular weight excluding hydrogens is 302 g/mol. The predicted octanol–water partition coefficient (Wildman–Crippen LogP) is 2.02. The number of carbonyl (C=O) groups is 1. The largest absolute Gasteiger partial charge is 0.504 e. The molecule has 2 aromatic rings. The molecule has 0 unspecified atom stereocenters. The zero-order valence-electron chi connectivity index (χ0n) is 12.3. The Morgan fingerprint density at radius 1 is 1.39 bits per heavy atom. The number of nitro groups is 1. The van der Waals surface area contributed by atoms with Crippen LogP contribution in [-0.2, 0) is 6.54 Å². The monoisotopic (exact) mass is 317 g/mol. The number of anilines is 1. The van der Waals surface area contributed by atoms with Crippen molar-refractivity contribution in [2.45, 2.75) is 6.54 Å². The number of nitrogens with zero attached hydrogens (tertiary/aromatic N) is 1. The average Bonchev–Trinajstić information content (AvgIpc) is 2.53. The highest BCUT2D eigenvalue weighted by Crippen LogP contribution is 2.30. The van der Waals surface area contributed by atoms with Crippen LogP contribution in [0.3, 0.4) is 0 Å². The van der Waals surface area contributed by atoms with Crippen LogP contribution in [0.5, 0.6) is 11.5 Å². The maximum atomic E-state index is 11.5. The second-order valence-corrected chi connectivity index (χ2v) is 4.67. The number of nitro benzene ring substituents is 1. The molecule has 23 heavy (non-hydrogen) atoms. The Morgan fingerprint density at radius 3 is 2.74 bits per heavy atom. The molecule has 0 heterocycles. The molecule has 1 amide bonds. The average molecular weight is 317 g/mol. The summed E-state index contributed by atoms with van der Waals surface area (Å²) in [6.07, 6.45) is 0. The van der Waals surface area contributed by atoms with Gasteiger partial charge in [-0.15, -0.1) is 0 Å². The summed E-state index contributed by atoms with van der Waals surface area (Å²) in [5, 5.41) is 23.7. The van der Waals surface area contributed by atoms with Gasteiger partial charge in [0.05, 0.1) is 17.6 Å². The first kappa shape index (κ1) is 16.1. The van der Waals surface area contributed by atoms with E-state index in [1.165, 1.54) is 19.2 Å². The third kappa shape index (κ3) is 3.49. The maximum absolute atomic E-state index is 11.5. The van der Waals surface area contributed by atoms with E-state index in [0.717, 1.165) is 6.07 Å². The molecule has 0 atom stereocenters. The predicted molar refractivity (Wildman–Crippen MR) is 83.6 cm³/mol. The van der Waals surface area contributed by atoms with Crippen molar-refractivity contribution in [1.82, 2.24) is 0 Å². The SMILES string of the molecule is COc1cccc(CNc2ccc([N+](=O)[O-])cc2C(N)=O)c1O. The molecular formula is C15H15N3O5. The number of ether oxygens (including phenoxy) is 1. The van der Waals surface area contributed by atoms with E-state index in [2.05, 4.69) is 5.32 Å². The molecule has 0 bridgehead atoms. The molecule has 8 nitrogen and oxygen atoms in total. The number of aromatic hydroxyl groups is 1. The van der Waals surface area contributed by atoms with Crippen LogP contribution < -0.4 is 15.8 Å². The molecule has 0 aromatic heterocycles. The Hall–Kier alpha value is -3.29. The summed E-state index contributed by atoms with van der Waals surface area (Å²) >= 11 is 0. The fourth-order valence-electron chi connectivity index (χ4n) is 2.07. The number of hydrogen-bond acceptors (Lipinski definition) is 6. The Morgan fingerprint density at radius 2 is 2.13 bits per heavy atom. The molecule has 4 N–H and O–H groups in total. The molecule has 120 valence electrons. The Kier molecular flexibility index (Phi) is 4.65. The van der Waals surface area contributed by atoms with Gasteiger partial charge in [-0.25, -0.2) is 0 Å². The minimum atomic E-state index is -0.786. The third-order valence-electron chi connectivity index (χ3n) is 3.25. The van der Waals surface area contributed by atoms with E-state index in [1.807, 2.05) is 0 Å². The van der Waals surface area contributed by atoms with E-state index in [0.29, 0.717) is 17.0 Å². The zero-order chi connectivity index (χ0) is 17.0. The number of methoxy groups -OCH3 is 1. The minimum absolute atomic E-state index is 0.00147. The van der Waals surface area contributed by atoms with Gasteiger partial charge in [-0.05, 0) is 12.1 Å². The molecule has 2 aromatic carbocycles. The van der Waals surface area contributed by atoms with E-state index in [4.69, 9.17) is 10.5 Å². The van der Waals surface area contributed by atoms with Crippen LogP contribution in [0.15, 0.2) is 36.4 Å². The van der Waals surface area contributed by atoms with Gasteiger partial charge in [0.15, 0.2) is 11.5 Å². The van der Waals surface area contributed by atoms with Gasteiger partial charge in [0.1, 0.15) is 0 Å². The van der Waals surface area contributed by atoms with Gasteiger partial charge < -0.3 is 20.9 Å². The first-order valence-corrected chi connectivity index (χ1v) is 6.61. The van der Waals surface area contributed by atoms with Gasteiger partial charge in [0.2, 0.25) is 0 Å². The topological polar surface area (TPSA) is 128 Å². The fraction of sp³-hybridized carbons (Fsp3) is 0.133. The molecule has 0 spiro atoms. The number of hydrogen-bond donors (Lipinski definition) is 3. The lowest BCUT2D eigenvalue weighted by molar-refractivity contribution is -0.384. The summed E-state index contributed by atoms with van der Waals surface area (Å²) in [5.41, 5.74) is 5.91. The number of carbonyl (C=O) groups excluding carboxylic acids is 1. The van der Waals surface area contributed by atoms with Gasteiger partial charge in [-0.3, -0.25) is 14.9 Å². The summed E-state index contributed by atoms with van der Waals surface area (Å²) in [7, 11) is 1.44. The lowest BCUT2D eigenvalue weighted by Crippen LogP contribution is -2.15. The van der Waals surface area contributed by atoms with Crippen molar-refractivity contribution in [3.63, 3.8) is 0 Å². The van der Waals surface area contributed by atoms with Crippen LogP contribution in [-0.4, -0.2) is 23.0 Å². The summed E-state index contributed by atoms with van der Waals surface area (Å²) in [6.45, 7) is 0.182. The summed E-state index contributed by atoms with van der Waals surface area (Å²) in [6, 6.07) is 8.77. The number of phenols is 1. The van der Waals surface area contributed by atoms with E-state index in [1.54, 1.807) is 18.2 Å². The lowest BCUT2D eigenvalue weighted by atomic mass is 10.1. The van der Waals surface area contributed by atoms with Crippen molar-refractivity contribution in [1.29, 1.82) is 0 Å². The van der Waals surface area contributed by atoms with Crippen molar-refractivity contribution in [3.8, 4) is 11.5 Å². The third-order valence-corrected chi connectivity index (χ3v) is 3.25. The van der Waals surface area contributed by atoms with Crippen LogP contribution in [0, 0.1) is 10.1 Å². The normalized spacial score (nSPS) is 10.1. The molecule has 0 aliphatic rings. The van der Waals surface area contributed by atoms with Crippen LogP contribution in [0.1, 0.15) is 15.9 Å². The van der Waals surface area contributed by atoms with Crippen LogP contribution in [0.25, 0.3) is 0 Å². The summed E-state index contributed by atoms with van der Waals surface area (Å²) in [5.74, 6) is -0.487. The van der Waals surface area contributed by atoms with Crippen molar-refractivity contribution < 1.29 is 19.6 Å². The number of non-ortho nitro benzene ring substituents is 1. The molecule has 0 aliphatic carbocycles. The van der Waals surface area contributed by atoms with Gasteiger partial charge in [-0.1, -0.05) is 12.1 Å². The van der Waals surface area contributed by atoms with Crippen LogP contribution in [0.4, 0.5) is 11.4 Å². The number of amides is 1. The standard InChI is InChI=1S/C15H15N3O5/c1-23-13-4-2-3-9(14(13)19)8-17-12-6-5-10(18(21)22)7-11(12)15(16)20/h2-7,17,19H,8H2,1H3,(H2,16,20). The number of rotatable bonds is 6. The van der Waals surface area contributed by atoms with Gasteiger partial charge >= 0.3 is 0 Å². The Bertz CT molecular complexity index is 761. The first-order chi connectivity index (χ1) is 10.9.